The topological polar surface area (TPSA) is 87.3 Å². The average Bonchev–Trinajstić information content (AvgIpc) is 3.07. The second kappa shape index (κ2) is 15.5. The molecule has 0 aromatic heterocycles. The Morgan fingerprint density at radius 1 is 0.739 bits per heavy atom. The number of rotatable bonds is 10. The number of anilines is 2. The zero-order valence-electron chi connectivity index (χ0n) is 24.7. The van der Waals surface area contributed by atoms with Crippen molar-refractivity contribution in [2.24, 2.45) is 0 Å². The van der Waals surface area contributed by atoms with E-state index in [4.69, 9.17) is 23.2 Å². The number of aryl methyl sites for hydroxylation is 1. The van der Waals surface area contributed by atoms with E-state index in [-0.39, 0.29) is 11.6 Å². The van der Waals surface area contributed by atoms with Gasteiger partial charge in [-0.1, -0.05) is 102 Å². The van der Waals surface area contributed by atoms with E-state index >= 15 is 0 Å². The Morgan fingerprint density at radius 3 is 2.07 bits per heavy atom. The quantitative estimate of drug-likeness (QED) is 0.103. The van der Waals surface area contributed by atoms with E-state index in [9.17, 15) is 14.4 Å². The summed E-state index contributed by atoms with van der Waals surface area (Å²) in [5, 5.41) is 8.76. The van der Waals surface area contributed by atoms with Gasteiger partial charge in [-0.05, 0) is 78.7 Å². The fourth-order valence-corrected chi connectivity index (χ4v) is 5.78. The van der Waals surface area contributed by atoms with Gasteiger partial charge in [0.2, 0.25) is 5.91 Å². The minimum absolute atomic E-state index is 0.0941. The zero-order chi connectivity index (χ0) is 32.5. The molecule has 0 aliphatic heterocycles. The number of thioether (sulfide) groups is 1. The summed E-state index contributed by atoms with van der Waals surface area (Å²) < 4.78 is 0. The van der Waals surface area contributed by atoms with Crippen molar-refractivity contribution in [2.75, 3.05) is 10.6 Å². The van der Waals surface area contributed by atoms with Crippen molar-refractivity contribution in [1.29, 1.82) is 0 Å². The number of carbonyl (C=O) groups excluding carboxylic acids is 3. The molecule has 1 atom stereocenters. The molecule has 0 spiro atoms. The van der Waals surface area contributed by atoms with Crippen molar-refractivity contribution in [3.05, 3.63) is 165 Å². The molecule has 5 aromatic rings. The van der Waals surface area contributed by atoms with Crippen LogP contribution < -0.4 is 16.0 Å². The number of hydrogen-bond acceptors (Lipinski definition) is 4. The van der Waals surface area contributed by atoms with Crippen LogP contribution in [0.3, 0.4) is 0 Å². The van der Waals surface area contributed by atoms with Gasteiger partial charge in [0.25, 0.3) is 11.8 Å². The maximum Gasteiger partial charge on any atom is 0.272 e. The second-order valence-corrected chi connectivity index (χ2v) is 12.3. The van der Waals surface area contributed by atoms with E-state index < -0.39 is 17.1 Å². The van der Waals surface area contributed by atoms with Gasteiger partial charge < -0.3 is 16.0 Å². The van der Waals surface area contributed by atoms with Crippen molar-refractivity contribution in [3.8, 4) is 0 Å². The molecule has 3 N–H and O–H groups in total. The number of nitrogens with one attached hydrogen (secondary N) is 3. The van der Waals surface area contributed by atoms with Gasteiger partial charge in [-0.3, -0.25) is 14.4 Å². The Morgan fingerprint density at radius 2 is 1.39 bits per heavy atom. The van der Waals surface area contributed by atoms with Crippen LogP contribution in [0.15, 0.2) is 138 Å². The number of halogens is 2. The first-order valence-corrected chi connectivity index (χ1v) is 15.9. The molecule has 0 heterocycles. The Bertz CT molecular complexity index is 1860. The lowest BCUT2D eigenvalue weighted by Crippen LogP contribution is -2.30. The monoisotopic (exact) mass is 665 g/mol. The van der Waals surface area contributed by atoms with Crippen molar-refractivity contribution >= 4 is 70.1 Å². The van der Waals surface area contributed by atoms with Crippen LogP contribution in [0.5, 0.6) is 0 Å². The number of carbonyl (C=O) groups is 3. The normalized spacial score (nSPS) is 11.8. The third-order valence-corrected chi connectivity index (χ3v) is 8.64. The highest BCUT2D eigenvalue weighted by atomic mass is 35.5. The molecule has 9 heteroatoms. The predicted molar refractivity (Wildman–Crippen MR) is 188 cm³/mol. The van der Waals surface area contributed by atoms with E-state index in [0.717, 1.165) is 21.6 Å². The predicted octanol–water partition coefficient (Wildman–Crippen LogP) is 9.18. The third kappa shape index (κ3) is 8.88. The molecule has 1 unspecified atom stereocenters. The van der Waals surface area contributed by atoms with Crippen LogP contribution >= 0.6 is 35.0 Å². The lowest BCUT2D eigenvalue weighted by atomic mass is 10.1. The number of hydrogen-bond donors (Lipinski definition) is 3. The van der Waals surface area contributed by atoms with Crippen LogP contribution in [0.25, 0.3) is 6.08 Å². The van der Waals surface area contributed by atoms with Gasteiger partial charge in [0.05, 0.1) is 10.7 Å². The van der Waals surface area contributed by atoms with Crippen LogP contribution in [0, 0.1) is 6.92 Å². The SMILES string of the molecule is Cc1ccc(/C=C(\NC(=O)c2ccccc2)C(=O)Nc2ccc(SC(C(=O)Nc3cc(Cl)ccc3Cl)c3ccccc3)cc2)cc1. The van der Waals surface area contributed by atoms with E-state index in [1.807, 2.05) is 79.7 Å². The van der Waals surface area contributed by atoms with Crippen LogP contribution in [0.4, 0.5) is 11.4 Å². The average molecular weight is 667 g/mol. The Labute approximate surface area is 281 Å². The summed E-state index contributed by atoms with van der Waals surface area (Å²) in [6.45, 7) is 1.98. The second-order valence-electron chi connectivity index (χ2n) is 10.3. The maximum atomic E-state index is 13.5. The largest absolute Gasteiger partial charge is 0.323 e. The summed E-state index contributed by atoms with van der Waals surface area (Å²) in [4.78, 5) is 40.7. The fraction of sp³-hybridized carbons (Fsp3) is 0.0541. The fourth-order valence-electron chi connectivity index (χ4n) is 4.42. The summed E-state index contributed by atoms with van der Waals surface area (Å²) in [5.74, 6) is -1.15. The van der Waals surface area contributed by atoms with Gasteiger partial charge in [-0.15, -0.1) is 11.8 Å². The van der Waals surface area contributed by atoms with E-state index in [1.54, 1.807) is 60.7 Å². The third-order valence-electron chi connectivity index (χ3n) is 6.81. The molecule has 46 heavy (non-hydrogen) atoms. The van der Waals surface area contributed by atoms with Crippen LogP contribution in [0.2, 0.25) is 10.0 Å². The van der Waals surface area contributed by atoms with Gasteiger partial charge in [-0.25, -0.2) is 0 Å². The first-order chi connectivity index (χ1) is 22.2. The minimum Gasteiger partial charge on any atom is -0.323 e. The summed E-state index contributed by atoms with van der Waals surface area (Å²) in [5.41, 5.74) is 4.12. The van der Waals surface area contributed by atoms with Gasteiger partial charge in [0.1, 0.15) is 10.9 Å². The zero-order valence-corrected chi connectivity index (χ0v) is 27.0. The molecule has 6 nitrogen and oxygen atoms in total. The van der Waals surface area contributed by atoms with E-state index in [1.165, 1.54) is 11.8 Å². The van der Waals surface area contributed by atoms with Crippen LogP contribution in [0.1, 0.15) is 32.3 Å². The highest BCUT2D eigenvalue weighted by Gasteiger charge is 2.23. The summed E-state index contributed by atoms with van der Waals surface area (Å²) >= 11 is 13.8. The van der Waals surface area contributed by atoms with E-state index in [0.29, 0.717) is 27.0 Å². The van der Waals surface area contributed by atoms with Crippen LogP contribution in [-0.2, 0) is 9.59 Å². The molecule has 0 saturated heterocycles. The Hall–Kier alpha value is -4.82. The molecule has 0 saturated carbocycles. The molecule has 230 valence electrons. The number of amides is 3. The van der Waals surface area contributed by atoms with Crippen LogP contribution in [-0.4, -0.2) is 17.7 Å². The van der Waals surface area contributed by atoms with Gasteiger partial charge in [-0.2, -0.15) is 0 Å². The van der Waals surface area contributed by atoms with Gasteiger partial charge in [0, 0.05) is 21.2 Å². The van der Waals surface area contributed by atoms with Gasteiger partial charge in [0.15, 0.2) is 0 Å². The molecule has 0 aliphatic rings. The smallest absolute Gasteiger partial charge is 0.272 e. The van der Waals surface area contributed by atoms with Gasteiger partial charge >= 0.3 is 0 Å². The van der Waals surface area contributed by atoms with Crippen molar-refractivity contribution in [3.63, 3.8) is 0 Å². The van der Waals surface area contributed by atoms with E-state index in [2.05, 4.69) is 16.0 Å². The van der Waals surface area contributed by atoms with Crippen molar-refractivity contribution < 1.29 is 14.4 Å². The maximum absolute atomic E-state index is 13.5. The lowest BCUT2D eigenvalue weighted by Gasteiger charge is -2.18. The Balaban J connectivity index is 1.33. The molecular formula is C37H29Cl2N3O3S. The standard InChI is InChI=1S/C37H29Cl2N3O3S/c1-24-12-14-25(15-13-24)22-33(42-35(43)27-10-6-3-7-11-27)36(44)40-29-17-19-30(20-18-29)46-34(26-8-4-2-5-9-26)37(45)41-32-23-28(38)16-21-31(32)39/h2-23,34H,1H3,(H,40,44)(H,41,45)(H,42,43)/b33-22-. The minimum atomic E-state index is -0.603. The molecular weight excluding hydrogens is 637 g/mol. The molecule has 0 radical (unpaired) electrons. The van der Waals surface area contributed by atoms with Crippen molar-refractivity contribution in [1.82, 2.24) is 5.32 Å². The first kappa shape index (κ1) is 32.6. The summed E-state index contributed by atoms with van der Waals surface area (Å²) in [7, 11) is 0. The molecule has 5 rings (SSSR count). The highest BCUT2D eigenvalue weighted by molar-refractivity contribution is 8.00. The summed E-state index contributed by atoms with van der Waals surface area (Å²) in [6.07, 6.45) is 1.63. The summed E-state index contributed by atoms with van der Waals surface area (Å²) in [6, 6.07) is 37.8. The molecule has 3 amide bonds. The first-order valence-electron chi connectivity index (χ1n) is 14.3. The molecule has 0 bridgehead atoms. The molecule has 0 aliphatic carbocycles. The molecule has 5 aromatic carbocycles. The molecule has 0 fully saturated rings. The lowest BCUT2D eigenvalue weighted by molar-refractivity contribution is -0.116. The Kier molecular flexibility index (Phi) is 10.9. The highest BCUT2D eigenvalue weighted by Crippen LogP contribution is 2.37. The number of benzene rings is 5. The van der Waals surface area contributed by atoms with Crippen molar-refractivity contribution in [2.45, 2.75) is 17.1 Å².